The Labute approximate surface area is 119 Å². The van der Waals surface area contributed by atoms with Gasteiger partial charge in [0.2, 0.25) is 5.91 Å². The van der Waals surface area contributed by atoms with E-state index >= 15 is 0 Å². The predicted octanol–water partition coefficient (Wildman–Crippen LogP) is 1.67. The summed E-state index contributed by atoms with van der Waals surface area (Å²) in [4.78, 5) is 22.2. The molecule has 0 fully saturated rings. The summed E-state index contributed by atoms with van der Waals surface area (Å²) in [7, 11) is 0. The van der Waals surface area contributed by atoms with Gasteiger partial charge in [0.05, 0.1) is 0 Å². The van der Waals surface area contributed by atoms with Gasteiger partial charge in [-0.15, -0.1) is 0 Å². The third kappa shape index (κ3) is 6.92. The van der Waals surface area contributed by atoms with E-state index in [1.807, 2.05) is 26.1 Å². The van der Waals surface area contributed by atoms with Crippen LogP contribution in [0.5, 0.6) is 0 Å². The Morgan fingerprint density at radius 1 is 1.30 bits per heavy atom. The number of aliphatic carboxylic acids is 1. The maximum Gasteiger partial charge on any atom is 0.303 e. The first-order valence-electron chi connectivity index (χ1n) is 6.85. The molecule has 0 radical (unpaired) electrons. The molecule has 112 valence electrons. The van der Waals surface area contributed by atoms with E-state index in [2.05, 4.69) is 10.4 Å². The van der Waals surface area contributed by atoms with E-state index in [1.54, 1.807) is 10.9 Å². The zero-order valence-electron chi connectivity index (χ0n) is 12.1. The maximum atomic E-state index is 11.6. The normalized spacial score (nSPS) is 11.3. The van der Waals surface area contributed by atoms with Crippen molar-refractivity contribution in [2.24, 2.45) is 5.41 Å². The molecule has 0 aromatic carbocycles. The lowest BCUT2D eigenvalue weighted by Crippen LogP contribution is -2.29. The van der Waals surface area contributed by atoms with Crippen LogP contribution in [-0.2, 0) is 16.1 Å². The zero-order chi connectivity index (χ0) is 15.0. The molecule has 0 saturated carbocycles. The third-order valence-corrected chi connectivity index (χ3v) is 3.27. The van der Waals surface area contributed by atoms with Gasteiger partial charge in [-0.25, -0.2) is 0 Å². The quantitative estimate of drug-likeness (QED) is 0.721. The van der Waals surface area contributed by atoms with Gasteiger partial charge in [-0.05, 0) is 24.3 Å². The fraction of sp³-hybridized carbons (Fsp3) is 0.643. The smallest absolute Gasteiger partial charge is 0.303 e. The van der Waals surface area contributed by atoms with Crippen LogP contribution >= 0.6 is 0 Å². The SMILES string of the molecule is CC(C)(CCNC(=O)CCn1cccn1)CCC(=O)O. The summed E-state index contributed by atoms with van der Waals surface area (Å²) in [5, 5.41) is 15.6. The summed E-state index contributed by atoms with van der Waals surface area (Å²) in [5.41, 5.74) is -0.0757. The van der Waals surface area contributed by atoms with E-state index in [0.717, 1.165) is 6.42 Å². The number of carbonyl (C=O) groups excluding carboxylic acids is 1. The molecule has 0 unspecified atom stereocenters. The summed E-state index contributed by atoms with van der Waals surface area (Å²) in [6, 6.07) is 1.82. The summed E-state index contributed by atoms with van der Waals surface area (Å²) in [6.07, 6.45) is 5.46. The monoisotopic (exact) mass is 281 g/mol. The maximum absolute atomic E-state index is 11.6. The Balaban J connectivity index is 2.15. The fourth-order valence-electron chi connectivity index (χ4n) is 1.85. The number of carboxylic acid groups (broad SMARTS) is 1. The molecule has 1 aromatic heterocycles. The molecule has 0 aliphatic carbocycles. The molecule has 0 atom stereocenters. The number of amides is 1. The van der Waals surface area contributed by atoms with Gasteiger partial charge in [0.1, 0.15) is 0 Å². The molecule has 2 N–H and O–H groups in total. The first-order chi connectivity index (χ1) is 9.39. The first-order valence-corrected chi connectivity index (χ1v) is 6.85. The number of hydrogen-bond acceptors (Lipinski definition) is 3. The Morgan fingerprint density at radius 3 is 2.65 bits per heavy atom. The van der Waals surface area contributed by atoms with Gasteiger partial charge in [0.25, 0.3) is 0 Å². The van der Waals surface area contributed by atoms with Crippen LogP contribution in [0.25, 0.3) is 0 Å². The molecule has 6 nitrogen and oxygen atoms in total. The van der Waals surface area contributed by atoms with E-state index in [1.165, 1.54) is 0 Å². The fourth-order valence-corrected chi connectivity index (χ4v) is 1.85. The van der Waals surface area contributed by atoms with Crippen molar-refractivity contribution in [1.82, 2.24) is 15.1 Å². The average molecular weight is 281 g/mol. The van der Waals surface area contributed by atoms with Gasteiger partial charge >= 0.3 is 5.97 Å². The lowest BCUT2D eigenvalue weighted by Gasteiger charge is -2.23. The van der Waals surface area contributed by atoms with Crippen LogP contribution < -0.4 is 5.32 Å². The molecule has 0 aliphatic heterocycles. The molecule has 0 saturated heterocycles. The standard InChI is InChI=1S/C14H23N3O3/c1-14(2,6-4-13(19)20)7-9-15-12(18)5-11-17-10-3-8-16-17/h3,8,10H,4-7,9,11H2,1-2H3,(H,15,18)(H,19,20). The van der Waals surface area contributed by atoms with Crippen molar-refractivity contribution in [2.75, 3.05) is 6.54 Å². The number of carboxylic acids is 1. The third-order valence-electron chi connectivity index (χ3n) is 3.27. The molecule has 1 rings (SSSR count). The molecule has 20 heavy (non-hydrogen) atoms. The lowest BCUT2D eigenvalue weighted by atomic mass is 9.84. The first kappa shape index (κ1) is 16.2. The van der Waals surface area contributed by atoms with Crippen molar-refractivity contribution < 1.29 is 14.7 Å². The Bertz CT molecular complexity index is 427. The largest absolute Gasteiger partial charge is 0.481 e. The number of nitrogens with zero attached hydrogens (tertiary/aromatic N) is 2. The van der Waals surface area contributed by atoms with Crippen LogP contribution in [0.1, 0.15) is 39.5 Å². The lowest BCUT2D eigenvalue weighted by molar-refractivity contribution is -0.137. The minimum Gasteiger partial charge on any atom is -0.481 e. The minimum absolute atomic E-state index is 0.00506. The molecule has 6 heteroatoms. The highest BCUT2D eigenvalue weighted by Crippen LogP contribution is 2.25. The number of aryl methyl sites for hydroxylation is 1. The van der Waals surface area contributed by atoms with Crippen molar-refractivity contribution in [2.45, 2.75) is 46.1 Å². The predicted molar refractivity (Wildman–Crippen MR) is 75.1 cm³/mol. The van der Waals surface area contributed by atoms with Gasteiger partial charge in [0.15, 0.2) is 0 Å². The van der Waals surface area contributed by atoms with E-state index < -0.39 is 5.97 Å². The summed E-state index contributed by atoms with van der Waals surface area (Å²) in [5.74, 6) is -0.782. The van der Waals surface area contributed by atoms with Crippen LogP contribution in [0, 0.1) is 5.41 Å². The second-order valence-electron chi connectivity index (χ2n) is 5.68. The number of hydrogen-bond donors (Lipinski definition) is 2. The van der Waals surface area contributed by atoms with Crippen LogP contribution in [0.4, 0.5) is 0 Å². The molecule has 1 heterocycles. The van der Waals surface area contributed by atoms with Crippen molar-refractivity contribution in [3.05, 3.63) is 18.5 Å². The Hall–Kier alpha value is -1.85. The van der Waals surface area contributed by atoms with Gasteiger partial charge in [-0.3, -0.25) is 14.3 Å². The van der Waals surface area contributed by atoms with Crippen molar-refractivity contribution in [3.63, 3.8) is 0 Å². The van der Waals surface area contributed by atoms with Crippen molar-refractivity contribution >= 4 is 11.9 Å². The minimum atomic E-state index is -0.777. The summed E-state index contributed by atoms with van der Waals surface area (Å²) < 4.78 is 1.72. The van der Waals surface area contributed by atoms with E-state index in [9.17, 15) is 9.59 Å². The molecular formula is C14H23N3O3. The van der Waals surface area contributed by atoms with E-state index in [0.29, 0.717) is 25.9 Å². The number of carbonyl (C=O) groups is 2. The average Bonchev–Trinajstić information content (AvgIpc) is 2.87. The summed E-state index contributed by atoms with van der Waals surface area (Å²) >= 11 is 0. The van der Waals surface area contributed by atoms with Crippen LogP contribution in [0.2, 0.25) is 0 Å². The van der Waals surface area contributed by atoms with E-state index in [4.69, 9.17) is 5.11 Å². The van der Waals surface area contributed by atoms with Gasteiger partial charge < -0.3 is 10.4 Å². The highest BCUT2D eigenvalue weighted by atomic mass is 16.4. The second-order valence-corrected chi connectivity index (χ2v) is 5.68. The molecule has 0 spiro atoms. The van der Waals surface area contributed by atoms with Gasteiger partial charge in [-0.2, -0.15) is 5.10 Å². The van der Waals surface area contributed by atoms with Gasteiger partial charge in [0, 0.05) is 38.3 Å². The topological polar surface area (TPSA) is 84.2 Å². The number of rotatable bonds is 9. The van der Waals surface area contributed by atoms with Crippen LogP contribution in [-0.4, -0.2) is 33.3 Å². The van der Waals surface area contributed by atoms with Gasteiger partial charge in [-0.1, -0.05) is 13.8 Å². The number of nitrogens with one attached hydrogen (secondary N) is 1. The van der Waals surface area contributed by atoms with Crippen molar-refractivity contribution in [1.29, 1.82) is 0 Å². The molecule has 0 aliphatic rings. The summed E-state index contributed by atoms with van der Waals surface area (Å²) in [6.45, 7) is 5.18. The molecular weight excluding hydrogens is 258 g/mol. The molecule has 0 bridgehead atoms. The Morgan fingerprint density at radius 2 is 2.05 bits per heavy atom. The zero-order valence-corrected chi connectivity index (χ0v) is 12.1. The highest BCUT2D eigenvalue weighted by molar-refractivity contribution is 5.75. The van der Waals surface area contributed by atoms with Crippen molar-refractivity contribution in [3.8, 4) is 0 Å². The molecule has 1 amide bonds. The van der Waals surface area contributed by atoms with E-state index in [-0.39, 0.29) is 17.7 Å². The highest BCUT2D eigenvalue weighted by Gasteiger charge is 2.19. The van der Waals surface area contributed by atoms with Crippen LogP contribution in [0.3, 0.4) is 0 Å². The Kier molecular flexibility index (Phi) is 6.21. The molecule has 1 aromatic rings. The number of aromatic nitrogens is 2. The van der Waals surface area contributed by atoms with Crippen LogP contribution in [0.15, 0.2) is 18.5 Å². The second kappa shape index (κ2) is 7.67.